The van der Waals surface area contributed by atoms with E-state index in [1.807, 2.05) is 0 Å². The molecule has 0 aromatic heterocycles. The Hall–Kier alpha value is -3.63. The van der Waals surface area contributed by atoms with Crippen molar-refractivity contribution in [3.8, 4) is 16.9 Å². The number of amides is 1. The van der Waals surface area contributed by atoms with Crippen LogP contribution in [-0.4, -0.2) is 41.9 Å². The molecule has 37 heavy (non-hydrogen) atoms. The summed E-state index contributed by atoms with van der Waals surface area (Å²) in [6.07, 6.45) is -5.15. The smallest absolute Gasteiger partial charge is 0.422 e. The molecule has 0 spiro atoms. The molecule has 1 heterocycles. The second-order valence-electron chi connectivity index (χ2n) is 8.65. The molecule has 11 heteroatoms. The van der Waals surface area contributed by atoms with Crippen molar-refractivity contribution in [2.45, 2.75) is 24.6 Å². The maximum atomic E-state index is 14.5. The van der Waals surface area contributed by atoms with Gasteiger partial charge in [0.25, 0.3) is 5.91 Å². The molecule has 6 nitrogen and oxygen atoms in total. The minimum Gasteiger partial charge on any atom is -0.482 e. The topological polar surface area (TPSA) is 87.1 Å². The maximum Gasteiger partial charge on any atom is 0.422 e. The molecule has 0 saturated heterocycles. The zero-order valence-corrected chi connectivity index (χ0v) is 20.2. The summed E-state index contributed by atoms with van der Waals surface area (Å²) in [5, 5.41) is 20.0. The number of alkyl halides is 3. The van der Waals surface area contributed by atoms with Crippen LogP contribution >= 0.6 is 11.6 Å². The highest BCUT2D eigenvalue weighted by molar-refractivity contribution is 6.31. The average molecular weight is 538 g/mol. The number of benzene rings is 3. The second kappa shape index (κ2) is 9.35. The highest BCUT2D eigenvalue weighted by atomic mass is 35.5. The van der Waals surface area contributed by atoms with Crippen LogP contribution in [0.5, 0.6) is 5.75 Å². The lowest BCUT2D eigenvalue weighted by molar-refractivity contribution is -0.274. The fourth-order valence-corrected chi connectivity index (χ4v) is 4.67. The summed E-state index contributed by atoms with van der Waals surface area (Å²) < 4.78 is 63.2. The van der Waals surface area contributed by atoms with E-state index in [9.17, 15) is 32.3 Å². The summed E-state index contributed by atoms with van der Waals surface area (Å²) in [6.45, 7) is 0.895. The normalized spacial score (nSPS) is 16.0. The van der Waals surface area contributed by atoms with Gasteiger partial charge in [0, 0.05) is 23.6 Å². The van der Waals surface area contributed by atoms with Crippen LogP contribution < -0.4 is 9.64 Å². The van der Waals surface area contributed by atoms with Crippen LogP contribution in [0.15, 0.2) is 54.6 Å². The van der Waals surface area contributed by atoms with Crippen LogP contribution in [0.1, 0.15) is 34.3 Å². The molecule has 0 bridgehead atoms. The van der Waals surface area contributed by atoms with Crippen molar-refractivity contribution < 1.29 is 42.1 Å². The summed E-state index contributed by atoms with van der Waals surface area (Å²) in [4.78, 5) is 24.2. The summed E-state index contributed by atoms with van der Waals surface area (Å²) in [6, 6.07) is 10.5. The van der Waals surface area contributed by atoms with Gasteiger partial charge in [0.15, 0.2) is 12.2 Å². The Morgan fingerprint density at radius 3 is 2.41 bits per heavy atom. The van der Waals surface area contributed by atoms with E-state index >= 15 is 0 Å². The minimum absolute atomic E-state index is 0.000391. The first-order valence-corrected chi connectivity index (χ1v) is 11.3. The monoisotopic (exact) mass is 537 g/mol. The molecule has 0 aliphatic carbocycles. The lowest BCUT2D eigenvalue weighted by atomic mass is 9.77. The number of anilines is 1. The summed E-state index contributed by atoms with van der Waals surface area (Å²) in [7, 11) is 1.39. The van der Waals surface area contributed by atoms with Crippen molar-refractivity contribution in [2.75, 3.05) is 18.6 Å². The van der Waals surface area contributed by atoms with Crippen LogP contribution in [0, 0.1) is 5.82 Å². The van der Waals surface area contributed by atoms with Gasteiger partial charge in [-0.1, -0.05) is 42.8 Å². The van der Waals surface area contributed by atoms with Gasteiger partial charge in [-0.15, -0.1) is 0 Å². The molecule has 0 unspecified atom stereocenters. The van der Waals surface area contributed by atoms with Crippen molar-refractivity contribution in [3.63, 3.8) is 0 Å². The van der Waals surface area contributed by atoms with E-state index in [0.717, 1.165) is 30.0 Å². The predicted octanol–water partition coefficient (Wildman–Crippen LogP) is 5.75. The largest absolute Gasteiger partial charge is 0.482 e. The molecule has 1 aliphatic rings. The van der Waals surface area contributed by atoms with Crippen LogP contribution in [0.4, 0.5) is 23.2 Å². The van der Waals surface area contributed by atoms with Gasteiger partial charge >= 0.3 is 12.1 Å². The van der Waals surface area contributed by atoms with Gasteiger partial charge in [0.2, 0.25) is 0 Å². The Kier molecular flexibility index (Phi) is 6.68. The third-order valence-electron chi connectivity index (χ3n) is 6.54. The van der Waals surface area contributed by atoms with Gasteiger partial charge in [-0.25, -0.2) is 9.18 Å². The molecule has 2 atom stereocenters. The molecule has 3 aromatic rings. The number of carbonyl (C=O) groups excluding carboxylic acids is 1. The molecular formula is C26H20ClF4NO5. The number of fused-ring (bicyclic) bond motifs is 1. The van der Waals surface area contributed by atoms with Gasteiger partial charge < -0.3 is 19.8 Å². The molecule has 0 radical (unpaired) electrons. The molecule has 1 aliphatic heterocycles. The quantitative estimate of drug-likeness (QED) is 0.405. The molecule has 2 N–H and O–H groups in total. The van der Waals surface area contributed by atoms with Crippen molar-refractivity contribution in [2.24, 2.45) is 0 Å². The Morgan fingerprint density at radius 2 is 1.81 bits per heavy atom. The Bertz CT molecular complexity index is 1410. The lowest BCUT2D eigenvalue weighted by Crippen LogP contribution is -2.47. The number of carboxylic acids is 1. The van der Waals surface area contributed by atoms with E-state index in [0.29, 0.717) is 0 Å². The van der Waals surface area contributed by atoms with Gasteiger partial charge in [0.1, 0.15) is 11.6 Å². The molecule has 4 rings (SSSR count). The number of ether oxygens (including phenoxy) is 1. The number of carbonyl (C=O) groups is 2. The number of hydrogen-bond donors (Lipinski definition) is 2. The molecular weight excluding hydrogens is 518 g/mol. The number of nitrogens with zero attached hydrogens (tertiary/aromatic N) is 1. The van der Waals surface area contributed by atoms with Gasteiger partial charge in [-0.2, -0.15) is 13.2 Å². The maximum absolute atomic E-state index is 14.5. The van der Waals surface area contributed by atoms with Crippen LogP contribution in [-0.2, 0) is 10.4 Å². The fraction of sp³-hybridized carbons (Fsp3) is 0.231. The third kappa shape index (κ3) is 4.51. The van der Waals surface area contributed by atoms with Crippen molar-refractivity contribution in [1.82, 2.24) is 0 Å². The first kappa shape index (κ1) is 26.4. The molecule has 0 saturated carbocycles. The first-order valence-electron chi connectivity index (χ1n) is 10.9. The SMILES string of the molecule is C[C@@H](c1ccc(-c2ccc(C(=O)O)cc2F)cc1Cl)[C@](O)(c1ccc2c(c1)N(C)C(=O)CO2)C(F)(F)F. The zero-order chi connectivity index (χ0) is 27.3. The molecule has 1 amide bonds. The molecule has 0 fully saturated rings. The van der Waals surface area contributed by atoms with Crippen molar-refractivity contribution >= 4 is 29.2 Å². The number of aromatic carboxylic acids is 1. The Balaban J connectivity index is 1.77. The van der Waals surface area contributed by atoms with Crippen molar-refractivity contribution in [1.29, 1.82) is 0 Å². The minimum atomic E-state index is -5.15. The van der Waals surface area contributed by atoms with E-state index < -0.39 is 41.0 Å². The number of rotatable bonds is 5. The molecule has 3 aromatic carbocycles. The predicted molar refractivity (Wildman–Crippen MR) is 128 cm³/mol. The van der Waals surface area contributed by atoms with Crippen LogP contribution in [0.3, 0.4) is 0 Å². The summed E-state index contributed by atoms with van der Waals surface area (Å²) in [5.74, 6) is -4.06. The van der Waals surface area contributed by atoms with E-state index in [-0.39, 0.29) is 45.3 Å². The van der Waals surface area contributed by atoms with Crippen molar-refractivity contribution in [3.05, 3.63) is 82.1 Å². The summed E-state index contributed by atoms with van der Waals surface area (Å²) >= 11 is 6.34. The number of carboxylic acid groups (broad SMARTS) is 1. The standard InChI is InChI=1S/C26H20ClF4NO5/c1-13(17-6-3-14(9-19(17)27)18-7-4-15(24(34)35)10-20(18)28)25(36,26(29,30)31)16-5-8-22-21(11-16)32(2)23(33)12-37-22/h3-11,13,36H,12H2,1-2H3,(H,34,35)/t13-,25-/m0/s1. The number of likely N-dealkylation sites (N-methyl/N-ethyl adjacent to an activating group) is 1. The Morgan fingerprint density at radius 1 is 1.11 bits per heavy atom. The van der Waals surface area contributed by atoms with E-state index in [2.05, 4.69) is 0 Å². The van der Waals surface area contributed by atoms with E-state index in [1.165, 1.54) is 43.4 Å². The Labute approximate surface area is 213 Å². The van der Waals surface area contributed by atoms with Crippen LogP contribution in [0.2, 0.25) is 5.02 Å². The lowest BCUT2D eigenvalue weighted by Gasteiger charge is -2.38. The summed E-state index contributed by atoms with van der Waals surface area (Å²) in [5.41, 5.74) is -3.99. The number of aliphatic hydroxyl groups is 1. The van der Waals surface area contributed by atoms with Crippen LogP contribution in [0.25, 0.3) is 11.1 Å². The van der Waals surface area contributed by atoms with Gasteiger partial charge in [0.05, 0.1) is 11.3 Å². The first-order chi connectivity index (χ1) is 17.3. The number of halogens is 5. The van der Waals surface area contributed by atoms with E-state index in [4.69, 9.17) is 21.4 Å². The van der Waals surface area contributed by atoms with Gasteiger partial charge in [-0.3, -0.25) is 4.79 Å². The average Bonchev–Trinajstić information content (AvgIpc) is 2.84. The third-order valence-corrected chi connectivity index (χ3v) is 6.87. The van der Waals surface area contributed by atoms with E-state index in [1.54, 1.807) is 0 Å². The highest BCUT2D eigenvalue weighted by Gasteiger charge is 2.59. The zero-order valence-electron chi connectivity index (χ0n) is 19.4. The highest BCUT2D eigenvalue weighted by Crippen LogP contribution is 2.51. The number of hydrogen-bond acceptors (Lipinski definition) is 4. The molecule has 194 valence electrons. The second-order valence-corrected chi connectivity index (χ2v) is 9.05. The van der Waals surface area contributed by atoms with Gasteiger partial charge in [-0.05, 0) is 47.0 Å². The fourth-order valence-electron chi connectivity index (χ4n) is 4.32.